The number of furan rings is 1. The second-order valence-electron chi connectivity index (χ2n) is 7.15. The molecule has 154 valence electrons. The predicted octanol–water partition coefficient (Wildman–Crippen LogP) is 4.51. The summed E-state index contributed by atoms with van der Waals surface area (Å²) in [6.45, 7) is 1.37. The van der Waals surface area contributed by atoms with Crippen LogP contribution in [0.4, 0.5) is 0 Å². The van der Waals surface area contributed by atoms with Crippen LogP contribution in [0.2, 0.25) is 0 Å². The molecule has 1 atom stereocenters. The number of esters is 1. The zero-order chi connectivity index (χ0) is 21.4. The van der Waals surface area contributed by atoms with E-state index in [2.05, 4.69) is 9.97 Å². The van der Waals surface area contributed by atoms with Crippen molar-refractivity contribution in [2.24, 2.45) is 0 Å². The molecule has 3 aromatic carbocycles. The quantitative estimate of drug-likeness (QED) is 0.426. The number of fused-ring (bicyclic) bond motifs is 4. The average Bonchev–Trinajstić information content (AvgIpc) is 3.15. The first-order valence-electron chi connectivity index (χ1n) is 9.81. The summed E-state index contributed by atoms with van der Waals surface area (Å²) in [7, 11) is 0. The van der Waals surface area contributed by atoms with Gasteiger partial charge in [0.15, 0.2) is 18.5 Å². The van der Waals surface area contributed by atoms with Crippen LogP contribution in [0.25, 0.3) is 32.8 Å². The van der Waals surface area contributed by atoms with Gasteiger partial charge in [0.2, 0.25) is 0 Å². The Bertz CT molecular complexity index is 1480. The lowest BCUT2D eigenvalue weighted by atomic mass is 10.1. The molecule has 5 rings (SSSR count). The maximum Gasteiger partial charge on any atom is 0.344 e. The van der Waals surface area contributed by atoms with E-state index in [9.17, 15) is 9.59 Å². The van der Waals surface area contributed by atoms with E-state index < -0.39 is 12.1 Å². The van der Waals surface area contributed by atoms with Crippen molar-refractivity contribution < 1.29 is 18.7 Å². The van der Waals surface area contributed by atoms with E-state index in [1.807, 2.05) is 36.4 Å². The molecule has 2 heterocycles. The summed E-state index contributed by atoms with van der Waals surface area (Å²) < 4.78 is 16.8. The third-order valence-corrected chi connectivity index (χ3v) is 5.03. The third kappa shape index (κ3) is 3.61. The van der Waals surface area contributed by atoms with Gasteiger partial charge in [-0.05, 0) is 43.3 Å². The van der Waals surface area contributed by atoms with Gasteiger partial charge in [-0.1, -0.05) is 30.3 Å². The molecule has 0 saturated carbocycles. The number of benzene rings is 3. The fourth-order valence-electron chi connectivity index (χ4n) is 3.52. The zero-order valence-electron chi connectivity index (χ0n) is 16.6. The molecule has 0 saturated heterocycles. The minimum Gasteiger partial charge on any atom is -0.482 e. The van der Waals surface area contributed by atoms with Crippen molar-refractivity contribution in [2.75, 3.05) is 6.61 Å². The number of ether oxygens (including phenoxy) is 2. The van der Waals surface area contributed by atoms with E-state index in [1.165, 1.54) is 0 Å². The standard InChI is InChI=1S/C24H18N2O5/c1-14(23-25-19-8-4-2-7-17(19)24(28)26-23)30-22(27)13-29-15-10-11-21-18(12-15)16-6-3-5-9-20(16)31-21/h2-12,14H,13H2,1H3,(H,25,26,28). The van der Waals surface area contributed by atoms with Crippen molar-refractivity contribution in [3.63, 3.8) is 0 Å². The van der Waals surface area contributed by atoms with Crippen molar-refractivity contribution in [3.05, 3.63) is 82.9 Å². The van der Waals surface area contributed by atoms with E-state index in [0.29, 0.717) is 16.7 Å². The fourth-order valence-corrected chi connectivity index (χ4v) is 3.52. The van der Waals surface area contributed by atoms with Crippen LogP contribution in [0.15, 0.2) is 75.9 Å². The lowest BCUT2D eigenvalue weighted by Crippen LogP contribution is -2.20. The molecular weight excluding hydrogens is 396 g/mol. The number of hydrogen-bond donors (Lipinski definition) is 1. The van der Waals surface area contributed by atoms with Gasteiger partial charge in [-0.2, -0.15) is 0 Å². The normalized spacial score (nSPS) is 12.3. The largest absolute Gasteiger partial charge is 0.482 e. The minimum absolute atomic E-state index is 0.274. The fraction of sp³-hybridized carbons (Fsp3) is 0.125. The molecule has 7 heteroatoms. The summed E-state index contributed by atoms with van der Waals surface area (Å²) >= 11 is 0. The third-order valence-electron chi connectivity index (χ3n) is 5.03. The molecule has 0 fully saturated rings. The first-order chi connectivity index (χ1) is 15.1. The second-order valence-corrected chi connectivity index (χ2v) is 7.15. The van der Waals surface area contributed by atoms with Crippen molar-refractivity contribution in [1.82, 2.24) is 9.97 Å². The Balaban J connectivity index is 1.28. The number of para-hydroxylation sites is 2. The summed E-state index contributed by atoms with van der Waals surface area (Å²) in [5.74, 6) is 0.240. The maximum atomic E-state index is 12.3. The van der Waals surface area contributed by atoms with Crippen molar-refractivity contribution in [1.29, 1.82) is 0 Å². The highest BCUT2D eigenvalue weighted by atomic mass is 16.6. The zero-order valence-corrected chi connectivity index (χ0v) is 16.6. The number of hydrogen-bond acceptors (Lipinski definition) is 6. The monoisotopic (exact) mass is 414 g/mol. The topological polar surface area (TPSA) is 94.4 Å². The van der Waals surface area contributed by atoms with Gasteiger partial charge in [-0.15, -0.1) is 0 Å². The molecule has 0 aliphatic rings. The molecule has 0 aliphatic heterocycles. The van der Waals surface area contributed by atoms with Crippen molar-refractivity contribution in [3.8, 4) is 5.75 Å². The van der Waals surface area contributed by atoms with Gasteiger partial charge in [-0.3, -0.25) is 4.79 Å². The predicted molar refractivity (Wildman–Crippen MR) is 116 cm³/mol. The Morgan fingerprint density at radius 2 is 1.74 bits per heavy atom. The van der Waals surface area contributed by atoms with Crippen LogP contribution in [-0.2, 0) is 9.53 Å². The molecule has 0 spiro atoms. The van der Waals surface area contributed by atoms with Crippen LogP contribution in [0.1, 0.15) is 18.9 Å². The van der Waals surface area contributed by atoms with Gasteiger partial charge in [0.25, 0.3) is 5.56 Å². The molecule has 0 radical (unpaired) electrons. The maximum absolute atomic E-state index is 12.3. The SMILES string of the molecule is CC(OC(=O)COc1ccc2oc3ccccc3c2c1)c1nc2ccccc2c(=O)[nH]1. The van der Waals surface area contributed by atoms with E-state index >= 15 is 0 Å². The van der Waals surface area contributed by atoms with Gasteiger partial charge in [0.1, 0.15) is 16.9 Å². The van der Waals surface area contributed by atoms with Crippen LogP contribution in [-0.4, -0.2) is 22.5 Å². The number of aromatic amines is 1. The molecule has 0 bridgehead atoms. The Morgan fingerprint density at radius 1 is 1.00 bits per heavy atom. The summed E-state index contributed by atoms with van der Waals surface area (Å²) in [4.78, 5) is 31.5. The summed E-state index contributed by atoms with van der Waals surface area (Å²) in [5, 5.41) is 2.37. The van der Waals surface area contributed by atoms with E-state index in [4.69, 9.17) is 13.9 Å². The molecule has 0 aliphatic carbocycles. The first kappa shape index (κ1) is 18.9. The van der Waals surface area contributed by atoms with Gasteiger partial charge >= 0.3 is 5.97 Å². The Labute approximate surface area is 176 Å². The molecule has 31 heavy (non-hydrogen) atoms. The smallest absolute Gasteiger partial charge is 0.344 e. The summed E-state index contributed by atoms with van der Waals surface area (Å²) in [6.07, 6.45) is -0.728. The minimum atomic E-state index is -0.728. The van der Waals surface area contributed by atoms with Crippen LogP contribution in [0, 0.1) is 0 Å². The molecular formula is C24H18N2O5. The Morgan fingerprint density at radius 3 is 2.61 bits per heavy atom. The van der Waals surface area contributed by atoms with Gasteiger partial charge in [-0.25, -0.2) is 9.78 Å². The highest BCUT2D eigenvalue weighted by molar-refractivity contribution is 6.05. The first-order valence-corrected chi connectivity index (χ1v) is 9.81. The van der Waals surface area contributed by atoms with Crippen LogP contribution < -0.4 is 10.3 Å². The molecule has 5 aromatic rings. The number of rotatable bonds is 5. The molecule has 2 aromatic heterocycles. The van der Waals surface area contributed by atoms with E-state index in [1.54, 1.807) is 37.3 Å². The number of aromatic nitrogens is 2. The molecule has 0 amide bonds. The highest BCUT2D eigenvalue weighted by Crippen LogP contribution is 2.31. The number of nitrogens with zero attached hydrogens (tertiary/aromatic N) is 1. The van der Waals surface area contributed by atoms with Gasteiger partial charge in [0, 0.05) is 10.8 Å². The number of nitrogens with one attached hydrogen (secondary N) is 1. The van der Waals surface area contributed by atoms with Crippen LogP contribution in [0.3, 0.4) is 0 Å². The summed E-state index contributed by atoms with van der Waals surface area (Å²) in [6, 6.07) is 20.1. The number of carbonyl (C=O) groups excluding carboxylic acids is 1. The number of H-pyrrole nitrogens is 1. The van der Waals surface area contributed by atoms with E-state index in [-0.39, 0.29) is 18.0 Å². The Kier molecular flexibility index (Phi) is 4.63. The van der Waals surface area contributed by atoms with Crippen LogP contribution in [0.5, 0.6) is 5.75 Å². The molecule has 1 unspecified atom stereocenters. The van der Waals surface area contributed by atoms with Crippen molar-refractivity contribution in [2.45, 2.75) is 13.0 Å². The van der Waals surface area contributed by atoms with Crippen LogP contribution >= 0.6 is 0 Å². The van der Waals surface area contributed by atoms with Gasteiger partial charge in [0.05, 0.1) is 10.9 Å². The Hall–Kier alpha value is -4.13. The number of carbonyl (C=O) groups is 1. The lowest BCUT2D eigenvalue weighted by Gasteiger charge is -2.13. The van der Waals surface area contributed by atoms with Crippen molar-refractivity contribution >= 4 is 38.8 Å². The van der Waals surface area contributed by atoms with Gasteiger partial charge < -0.3 is 18.9 Å². The second kappa shape index (κ2) is 7.60. The average molecular weight is 414 g/mol. The lowest BCUT2D eigenvalue weighted by molar-refractivity contribution is -0.151. The highest BCUT2D eigenvalue weighted by Gasteiger charge is 2.16. The van der Waals surface area contributed by atoms with E-state index in [0.717, 1.165) is 21.9 Å². The molecule has 1 N–H and O–H groups in total. The molecule has 7 nitrogen and oxygen atoms in total. The summed E-state index contributed by atoms with van der Waals surface area (Å²) in [5.41, 5.74) is 1.80.